The number of nitrogens with two attached hydrogens (primary N) is 1. The third kappa shape index (κ3) is 1.05. The molecule has 4 nitrogen and oxygen atoms in total. The van der Waals surface area contributed by atoms with Gasteiger partial charge >= 0.3 is 0 Å². The predicted molar refractivity (Wildman–Crippen MR) is 65.2 cm³/mol. The van der Waals surface area contributed by atoms with Gasteiger partial charge in [-0.3, -0.25) is 5.10 Å². The Morgan fingerprint density at radius 3 is 2.88 bits per heavy atom. The van der Waals surface area contributed by atoms with Crippen molar-refractivity contribution in [3.63, 3.8) is 0 Å². The van der Waals surface area contributed by atoms with Crippen molar-refractivity contribution in [1.82, 2.24) is 14.8 Å². The quantitative estimate of drug-likeness (QED) is 0.651. The van der Waals surface area contributed by atoms with Crippen molar-refractivity contribution in [3.05, 3.63) is 30.0 Å². The number of fused-ring (bicyclic) bond motifs is 3. The molecule has 0 aliphatic heterocycles. The Kier molecular flexibility index (Phi) is 1.82. The molecule has 3 N–H and O–H groups in total. The van der Waals surface area contributed by atoms with Gasteiger partial charge in [-0.2, -0.15) is 5.10 Å². The second-order valence-electron chi connectivity index (χ2n) is 4.20. The van der Waals surface area contributed by atoms with Gasteiger partial charge in [0.1, 0.15) is 5.52 Å². The molecule has 3 aromatic rings. The zero-order valence-corrected chi connectivity index (χ0v) is 9.36. The number of benzene rings is 1. The lowest BCUT2D eigenvalue weighted by Gasteiger charge is -2.03. The number of nitrogens with zero attached hydrogens (tertiary/aromatic N) is 2. The molecule has 1 unspecified atom stereocenters. The van der Waals surface area contributed by atoms with E-state index in [2.05, 4.69) is 26.9 Å². The van der Waals surface area contributed by atoms with Crippen LogP contribution in [0.1, 0.15) is 18.7 Å². The molecule has 1 aromatic carbocycles. The summed E-state index contributed by atoms with van der Waals surface area (Å²) >= 11 is 0. The Bertz CT molecular complexity index is 660. The van der Waals surface area contributed by atoms with Crippen LogP contribution in [-0.4, -0.2) is 14.8 Å². The van der Waals surface area contributed by atoms with Crippen LogP contribution in [0.3, 0.4) is 0 Å². The molecule has 0 aliphatic carbocycles. The standard InChI is InChI=1S/C12H14N4/c1-7(13)10-12-11(15-14-10)8-5-3-4-6-9(8)16(12)2/h3-7H,13H2,1-2H3,(H,14,15). The Morgan fingerprint density at radius 1 is 1.38 bits per heavy atom. The van der Waals surface area contributed by atoms with Crippen LogP contribution < -0.4 is 5.73 Å². The summed E-state index contributed by atoms with van der Waals surface area (Å²) in [4.78, 5) is 0. The maximum Gasteiger partial charge on any atom is 0.118 e. The summed E-state index contributed by atoms with van der Waals surface area (Å²) in [6, 6.07) is 8.22. The highest BCUT2D eigenvalue weighted by atomic mass is 15.2. The van der Waals surface area contributed by atoms with E-state index in [1.54, 1.807) is 0 Å². The SMILES string of the molecule is CC(N)c1[nH]nc2c3ccccc3n(C)c12. The van der Waals surface area contributed by atoms with Crippen LogP contribution in [0.2, 0.25) is 0 Å². The molecule has 0 radical (unpaired) electrons. The van der Waals surface area contributed by atoms with Crippen LogP contribution in [0.4, 0.5) is 0 Å². The predicted octanol–water partition coefficient (Wildman–Crippen LogP) is 2.07. The van der Waals surface area contributed by atoms with Gasteiger partial charge < -0.3 is 10.3 Å². The molecule has 2 aromatic heterocycles. The van der Waals surface area contributed by atoms with Gasteiger partial charge in [-0.1, -0.05) is 18.2 Å². The van der Waals surface area contributed by atoms with Crippen LogP contribution in [0, 0.1) is 0 Å². The normalized spacial score (nSPS) is 13.7. The number of para-hydroxylation sites is 1. The summed E-state index contributed by atoms with van der Waals surface area (Å²) in [7, 11) is 2.05. The number of aromatic amines is 1. The molecule has 4 heteroatoms. The molecule has 0 saturated heterocycles. The van der Waals surface area contributed by atoms with E-state index in [4.69, 9.17) is 5.73 Å². The van der Waals surface area contributed by atoms with Gasteiger partial charge in [0.05, 0.1) is 16.7 Å². The van der Waals surface area contributed by atoms with Crippen LogP contribution in [0.25, 0.3) is 21.9 Å². The molecule has 0 saturated carbocycles. The highest BCUT2D eigenvalue weighted by molar-refractivity contribution is 6.06. The Balaban J connectivity index is 2.53. The van der Waals surface area contributed by atoms with E-state index in [0.29, 0.717) is 0 Å². The van der Waals surface area contributed by atoms with Crippen molar-refractivity contribution < 1.29 is 0 Å². The summed E-state index contributed by atoms with van der Waals surface area (Å²) < 4.78 is 2.15. The van der Waals surface area contributed by atoms with E-state index in [0.717, 1.165) is 16.7 Å². The maximum atomic E-state index is 5.93. The largest absolute Gasteiger partial charge is 0.341 e. The summed E-state index contributed by atoms with van der Waals surface area (Å²) in [5, 5.41) is 8.56. The molecular formula is C12H14N4. The van der Waals surface area contributed by atoms with E-state index >= 15 is 0 Å². The van der Waals surface area contributed by atoms with Gasteiger partial charge in [0.25, 0.3) is 0 Å². The first kappa shape index (κ1) is 9.42. The number of aryl methyl sites for hydroxylation is 1. The Labute approximate surface area is 93.0 Å². The first-order chi connectivity index (χ1) is 7.70. The smallest absolute Gasteiger partial charge is 0.118 e. The second-order valence-corrected chi connectivity index (χ2v) is 4.20. The number of aromatic nitrogens is 3. The summed E-state index contributed by atoms with van der Waals surface area (Å²) in [6.07, 6.45) is 0. The third-order valence-electron chi connectivity index (χ3n) is 3.08. The number of H-pyrrole nitrogens is 1. The van der Waals surface area contributed by atoms with Gasteiger partial charge in [0.15, 0.2) is 0 Å². The van der Waals surface area contributed by atoms with Crippen LogP contribution in [-0.2, 0) is 7.05 Å². The fourth-order valence-electron chi connectivity index (χ4n) is 2.28. The minimum Gasteiger partial charge on any atom is -0.341 e. The number of nitrogens with one attached hydrogen (secondary N) is 1. The van der Waals surface area contributed by atoms with Crippen molar-refractivity contribution in [1.29, 1.82) is 0 Å². The Hall–Kier alpha value is -1.81. The molecule has 0 fully saturated rings. The summed E-state index contributed by atoms with van der Waals surface area (Å²) in [5.41, 5.74) is 10.2. The van der Waals surface area contributed by atoms with Gasteiger partial charge in [-0.25, -0.2) is 0 Å². The number of hydrogen-bond donors (Lipinski definition) is 2. The average Bonchev–Trinajstić information content (AvgIpc) is 2.81. The molecule has 0 aliphatic rings. The van der Waals surface area contributed by atoms with Crippen molar-refractivity contribution >= 4 is 21.9 Å². The Morgan fingerprint density at radius 2 is 2.12 bits per heavy atom. The fourth-order valence-corrected chi connectivity index (χ4v) is 2.28. The lowest BCUT2D eigenvalue weighted by Crippen LogP contribution is -2.07. The lowest BCUT2D eigenvalue weighted by molar-refractivity contribution is 0.771. The van der Waals surface area contributed by atoms with Crippen molar-refractivity contribution in [2.75, 3.05) is 0 Å². The lowest BCUT2D eigenvalue weighted by atomic mass is 10.2. The van der Waals surface area contributed by atoms with Gasteiger partial charge in [0.2, 0.25) is 0 Å². The van der Waals surface area contributed by atoms with E-state index < -0.39 is 0 Å². The van der Waals surface area contributed by atoms with Crippen LogP contribution in [0.15, 0.2) is 24.3 Å². The molecule has 3 rings (SSSR count). The zero-order chi connectivity index (χ0) is 11.3. The third-order valence-corrected chi connectivity index (χ3v) is 3.08. The minimum atomic E-state index is -0.0342. The maximum absolute atomic E-state index is 5.93. The van der Waals surface area contributed by atoms with E-state index in [1.807, 2.05) is 26.1 Å². The molecule has 16 heavy (non-hydrogen) atoms. The molecule has 82 valence electrons. The first-order valence-electron chi connectivity index (χ1n) is 5.37. The highest BCUT2D eigenvalue weighted by Crippen LogP contribution is 2.29. The van der Waals surface area contributed by atoms with Gasteiger partial charge in [-0.15, -0.1) is 0 Å². The minimum absolute atomic E-state index is 0.0342. The van der Waals surface area contributed by atoms with Gasteiger partial charge in [-0.05, 0) is 13.0 Å². The van der Waals surface area contributed by atoms with Crippen LogP contribution >= 0.6 is 0 Å². The number of rotatable bonds is 1. The summed E-state index contributed by atoms with van der Waals surface area (Å²) in [6.45, 7) is 1.96. The van der Waals surface area contributed by atoms with Crippen molar-refractivity contribution in [2.45, 2.75) is 13.0 Å². The van der Waals surface area contributed by atoms with E-state index in [-0.39, 0.29) is 6.04 Å². The molecule has 1 atom stereocenters. The molecular weight excluding hydrogens is 200 g/mol. The van der Waals surface area contributed by atoms with Gasteiger partial charge in [0, 0.05) is 18.5 Å². The number of hydrogen-bond acceptors (Lipinski definition) is 2. The molecule has 2 heterocycles. The first-order valence-corrected chi connectivity index (χ1v) is 5.37. The monoisotopic (exact) mass is 214 g/mol. The van der Waals surface area contributed by atoms with E-state index in [1.165, 1.54) is 10.9 Å². The fraction of sp³-hybridized carbons (Fsp3) is 0.250. The molecule has 0 amide bonds. The van der Waals surface area contributed by atoms with E-state index in [9.17, 15) is 0 Å². The second kappa shape index (κ2) is 3.09. The highest BCUT2D eigenvalue weighted by Gasteiger charge is 2.16. The molecule has 0 bridgehead atoms. The van der Waals surface area contributed by atoms with Crippen LogP contribution in [0.5, 0.6) is 0 Å². The average molecular weight is 214 g/mol. The van der Waals surface area contributed by atoms with Crippen molar-refractivity contribution in [2.24, 2.45) is 12.8 Å². The molecule has 0 spiro atoms. The zero-order valence-electron chi connectivity index (χ0n) is 9.36. The topological polar surface area (TPSA) is 59.6 Å². The van der Waals surface area contributed by atoms with Crippen molar-refractivity contribution in [3.8, 4) is 0 Å². The summed E-state index contributed by atoms with van der Waals surface area (Å²) in [5.74, 6) is 0.